The summed E-state index contributed by atoms with van der Waals surface area (Å²) in [5, 5.41) is 13.4. The molecular formula is C13H20ClNO3. The summed E-state index contributed by atoms with van der Waals surface area (Å²) < 4.78 is 10.4. The van der Waals surface area contributed by atoms with Gasteiger partial charge >= 0.3 is 0 Å². The summed E-state index contributed by atoms with van der Waals surface area (Å²) in [7, 11) is 1.54. The van der Waals surface area contributed by atoms with Gasteiger partial charge in [-0.05, 0) is 24.7 Å². The lowest BCUT2D eigenvalue weighted by atomic mass is 10.2. The summed E-state index contributed by atoms with van der Waals surface area (Å²) in [4.78, 5) is 0. The Labute approximate surface area is 113 Å². The summed E-state index contributed by atoms with van der Waals surface area (Å²) in [6, 6.07) is 5.45. The Hall–Kier alpha value is -0.810. The average molecular weight is 274 g/mol. The van der Waals surface area contributed by atoms with Crippen LogP contribution in [-0.2, 0) is 11.3 Å². The molecule has 1 aromatic rings. The van der Waals surface area contributed by atoms with Crippen molar-refractivity contribution in [1.82, 2.24) is 5.32 Å². The third kappa shape index (κ3) is 5.23. The van der Waals surface area contributed by atoms with Crippen LogP contribution in [0.1, 0.15) is 12.5 Å². The molecule has 0 saturated heterocycles. The highest BCUT2D eigenvalue weighted by atomic mass is 35.5. The van der Waals surface area contributed by atoms with Crippen molar-refractivity contribution in [2.24, 2.45) is 0 Å². The van der Waals surface area contributed by atoms with Gasteiger partial charge in [-0.1, -0.05) is 18.5 Å². The lowest BCUT2D eigenvalue weighted by Gasteiger charge is -2.15. The van der Waals surface area contributed by atoms with Crippen LogP contribution in [-0.4, -0.2) is 38.1 Å². The predicted octanol–water partition coefficient (Wildman–Crippen LogP) is 1.84. The van der Waals surface area contributed by atoms with Crippen LogP contribution in [0.15, 0.2) is 18.2 Å². The first-order valence-corrected chi connectivity index (χ1v) is 6.34. The Morgan fingerprint density at radius 1 is 1.39 bits per heavy atom. The summed E-state index contributed by atoms with van der Waals surface area (Å²) in [5.74, 6) is 0.732. The first-order valence-electron chi connectivity index (χ1n) is 5.96. The van der Waals surface area contributed by atoms with Crippen LogP contribution < -0.4 is 10.1 Å². The molecule has 0 heterocycles. The van der Waals surface area contributed by atoms with Crippen LogP contribution in [0, 0.1) is 0 Å². The Balaban J connectivity index is 2.62. The van der Waals surface area contributed by atoms with E-state index in [0.29, 0.717) is 11.6 Å². The molecule has 0 aromatic heterocycles. The maximum atomic E-state index is 9.54. The fourth-order valence-corrected chi connectivity index (χ4v) is 1.71. The van der Waals surface area contributed by atoms with E-state index in [4.69, 9.17) is 21.1 Å². The Bertz CT molecular complexity index is 360. The zero-order valence-electron chi connectivity index (χ0n) is 10.8. The van der Waals surface area contributed by atoms with Crippen molar-refractivity contribution in [1.29, 1.82) is 0 Å². The number of nitrogens with one attached hydrogen (secondary N) is 1. The number of hydrogen-bond acceptors (Lipinski definition) is 4. The Morgan fingerprint density at radius 2 is 2.17 bits per heavy atom. The largest absolute Gasteiger partial charge is 0.490 e. The second-order valence-corrected chi connectivity index (χ2v) is 4.39. The lowest BCUT2D eigenvalue weighted by Crippen LogP contribution is -2.23. The van der Waals surface area contributed by atoms with Gasteiger partial charge < -0.3 is 19.9 Å². The van der Waals surface area contributed by atoms with Crippen LogP contribution in [0.2, 0.25) is 5.02 Å². The van der Waals surface area contributed by atoms with Gasteiger partial charge in [0.25, 0.3) is 0 Å². The summed E-state index contributed by atoms with van der Waals surface area (Å²) >= 11 is 5.96. The molecule has 0 aliphatic rings. The third-order valence-corrected chi connectivity index (χ3v) is 2.61. The van der Waals surface area contributed by atoms with E-state index in [1.807, 2.05) is 19.1 Å². The molecule has 0 aliphatic heterocycles. The molecule has 0 fully saturated rings. The van der Waals surface area contributed by atoms with Gasteiger partial charge in [-0.2, -0.15) is 0 Å². The molecule has 1 unspecified atom stereocenters. The van der Waals surface area contributed by atoms with E-state index < -0.39 is 6.10 Å². The topological polar surface area (TPSA) is 50.7 Å². The molecule has 18 heavy (non-hydrogen) atoms. The van der Waals surface area contributed by atoms with Crippen molar-refractivity contribution < 1.29 is 14.6 Å². The van der Waals surface area contributed by atoms with Gasteiger partial charge in [0.15, 0.2) is 0 Å². The molecule has 5 heteroatoms. The molecule has 2 N–H and O–H groups in total. The smallest absolute Gasteiger partial charge is 0.124 e. The molecule has 1 rings (SSSR count). The van der Waals surface area contributed by atoms with Gasteiger partial charge in [0.2, 0.25) is 0 Å². The molecule has 1 aromatic carbocycles. The quantitative estimate of drug-likeness (QED) is 0.759. The van der Waals surface area contributed by atoms with Crippen molar-refractivity contribution in [3.05, 3.63) is 28.8 Å². The summed E-state index contributed by atoms with van der Waals surface area (Å²) in [6.07, 6.45) is -0.627. The zero-order chi connectivity index (χ0) is 13.4. The number of rotatable bonds is 8. The Morgan fingerprint density at radius 3 is 2.83 bits per heavy atom. The van der Waals surface area contributed by atoms with Crippen molar-refractivity contribution in [3.8, 4) is 5.75 Å². The molecule has 0 bridgehead atoms. The molecule has 0 saturated carbocycles. The molecule has 4 nitrogen and oxygen atoms in total. The van der Waals surface area contributed by atoms with Crippen LogP contribution in [0.5, 0.6) is 5.75 Å². The van der Waals surface area contributed by atoms with Gasteiger partial charge in [0.1, 0.15) is 18.5 Å². The summed E-state index contributed by atoms with van der Waals surface area (Å²) in [5.41, 5.74) is 0.981. The number of ether oxygens (including phenoxy) is 2. The van der Waals surface area contributed by atoms with E-state index in [1.165, 1.54) is 0 Å². The lowest BCUT2D eigenvalue weighted by molar-refractivity contribution is 0.0323. The minimum Gasteiger partial charge on any atom is -0.490 e. The third-order valence-electron chi connectivity index (χ3n) is 2.38. The van der Waals surface area contributed by atoms with Gasteiger partial charge in [0, 0.05) is 24.2 Å². The number of aliphatic hydroxyl groups is 1. The number of benzene rings is 1. The highest BCUT2D eigenvalue weighted by molar-refractivity contribution is 6.30. The highest BCUT2D eigenvalue weighted by Crippen LogP contribution is 2.23. The van der Waals surface area contributed by atoms with Crippen LogP contribution >= 0.6 is 11.6 Å². The molecule has 102 valence electrons. The van der Waals surface area contributed by atoms with Gasteiger partial charge in [-0.25, -0.2) is 0 Å². The normalized spacial score (nSPS) is 12.4. The van der Waals surface area contributed by atoms with E-state index in [2.05, 4.69) is 5.32 Å². The Kier molecular flexibility index (Phi) is 7.05. The van der Waals surface area contributed by atoms with Gasteiger partial charge in [-0.3, -0.25) is 0 Å². The van der Waals surface area contributed by atoms with Crippen LogP contribution in [0.25, 0.3) is 0 Å². The maximum Gasteiger partial charge on any atom is 0.124 e. The second-order valence-electron chi connectivity index (χ2n) is 3.95. The van der Waals surface area contributed by atoms with Gasteiger partial charge in [0.05, 0.1) is 6.61 Å². The second kappa shape index (κ2) is 8.32. The van der Waals surface area contributed by atoms with E-state index in [1.54, 1.807) is 13.2 Å². The van der Waals surface area contributed by atoms with Crippen molar-refractivity contribution >= 4 is 11.6 Å². The standard InChI is InChI=1S/C13H20ClNO3/c1-3-15-7-10-6-11(14)4-5-13(10)18-9-12(16)8-17-2/h4-6,12,15-16H,3,7-9H2,1-2H3. The fourth-order valence-electron chi connectivity index (χ4n) is 1.51. The number of methoxy groups -OCH3 is 1. The van der Waals surface area contributed by atoms with Crippen LogP contribution in [0.3, 0.4) is 0 Å². The molecule has 0 amide bonds. The van der Waals surface area contributed by atoms with Gasteiger partial charge in [-0.15, -0.1) is 0 Å². The summed E-state index contributed by atoms with van der Waals surface area (Å²) in [6.45, 7) is 4.06. The van der Waals surface area contributed by atoms with E-state index in [-0.39, 0.29) is 13.2 Å². The molecule has 0 radical (unpaired) electrons. The zero-order valence-corrected chi connectivity index (χ0v) is 11.5. The van der Waals surface area contributed by atoms with E-state index in [9.17, 15) is 5.11 Å². The minimum absolute atomic E-state index is 0.203. The molecule has 1 atom stereocenters. The van der Waals surface area contributed by atoms with Crippen molar-refractivity contribution in [2.75, 3.05) is 26.9 Å². The number of halogens is 1. The molecule has 0 spiro atoms. The first kappa shape index (κ1) is 15.2. The SMILES string of the molecule is CCNCc1cc(Cl)ccc1OCC(O)COC. The predicted molar refractivity (Wildman–Crippen MR) is 72.2 cm³/mol. The number of aliphatic hydroxyl groups excluding tert-OH is 1. The van der Waals surface area contributed by atoms with Crippen molar-refractivity contribution in [2.45, 2.75) is 19.6 Å². The molecule has 0 aliphatic carbocycles. The van der Waals surface area contributed by atoms with E-state index >= 15 is 0 Å². The van der Waals surface area contributed by atoms with E-state index in [0.717, 1.165) is 17.9 Å². The first-order chi connectivity index (χ1) is 8.67. The van der Waals surface area contributed by atoms with Crippen molar-refractivity contribution in [3.63, 3.8) is 0 Å². The minimum atomic E-state index is -0.627. The van der Waals surface area contributed by atoms with Crippen LogP contribution in [0.4, 0.5) is 0 Å². The fraction of sp³-hybridized carbons (Fsp3) is 0.538. The maximum absolute atomic E-state index is 9.54. The monoisotopic (exact) mass is 273 g/mol. The molecular weight excluding hydrogens is 254 g/mol. The number of hydrogen-bond donors (Lipinski definition) is 2. The highest BCUT2D eigenvalue weighted by Gasteiger charge is 2.08. The average Bonchev–Trinajstić information content (AvgIpc) is 2.35.